The van der Waals surface area contributed by atoms with Gasteiger partial charge in [0, 0.05) is 37.9 Å². The van der Waals surface area contributed by atoms with Gasteiger partial charge in [-0.25, -0.2) is 4.79 Å². The zero-order valence-corrected chi connectivity index (χ0v) is 13.4. The maximum Gasteiger partial charge on any atom is 0.317 e. The molecule has 0 aromatic heterocycles. The highest BCUT2D eigenvalue weighted by atomic mass is 16.2. The normalized spacial score (nSPS) is 16.7. The fourth-order valence-electron chi connectivity index (χ4n) is 2.51. The molecule has 1 aliphatic heterocycles. The van der Waals surface area contributed by atoms with Crippen molar-refractivity contribution in [2.75, 3.05) is 31.1 Å². The molecule has 0 aliphatic carbocycles. The Bertz CT molecular complexity index is 450. The molecule has 1 aromatic carbocycles. The van der Waals surface area contributed by atoms with Crippen molar-refractivity contribution in [1.29, 1.82) is 0 Å². The molecule has 0 bridgehead atoms. The standard InChI is InChI=1S/C17H27N3O/c1-4-14(3)18-17(21)20-12-10-19(11-13-20)16-8-6-15(5-2)7-9-16/h6-9,14H,4-5,10-13H2,1-3H3,(H,18,21). The van der Waals surface area contributed by atoms with Crippen LogP contribution in [0.5, 0.6) is 0 Å². The zero-order valence-electron chi connectivity index (χ0n) is 13.4. The van der Waals surface area contributed by atoms with Crippen LogP contribution in [0.1, 0.15) is 32.8 Å². The number of nitrogens with one attached hydrogen (secondary N) is 1. The van der Waals surface area contributed by atoms with Gasteiger partial charge in [-0.2, -0.15) is 0 Å². The van der Waals surface area contributed by atoms with E-state index in [0.29, 0.717) is 0 Å². The number of hydrogen-bond acceptors (Lipinski definition) is 2. The van der Waals surface area contributed by atoms with Crippen LogP contribution in [0.15, 0.2) is 24.3 Å². The fraction of sp³-hybridized carbons (Fsp3) is 0.588. The van der Waals surface area contributed by atoms with E-state index in [1.54, 1.807) is 0 Å². The molecular formula is C17H27N3O. The number of hydrogen-bond donors (Lipinski definition) is 1. The predicted molar refractivity (Wildman–Crippen MR) is 87.9 cm³/mol. The lowest BCUT2D eigenvalue weighted by Crippen LogP contribution is -2.53. The average Bonchev–Trinajstić information content (AvgIpc) is 2.55. The number of aryl methyl sites for hydroxylation is 1. The first-order chi connectivity index (χ1) is 10.1. The number of benzene rings is 1. The summed E-state index contributed by atoms with van der Waals surface area (Å²) < 4.78 is 0. The number of amides is 2. The number of rotatable bonds is 4. The Kier molecular flexibility index (Phi) is 5.48. The van der Waals surface area contributed by atoms with E-state index in [-0.39, 0.29) is 12.1 Å². The second kappa shape index (κ2) is 7.34. The van der Waals surface area contributed by atoms with Gasteiger partial charge < -0.3 is 15.1 Å². The fourth-order valence-corrected chi connectivity index (χ4v) is 2.51. The number of carbonyl (C=O) groups excluding carboxylic acids is 1. The second-order valence-corrected chi connectivity index (χ2v) is 5.75. The maximum absolute atomic E-state index is 12.1. The first-order valence-corrected chi connectivity index (χ1v) is 8.03. The molecule has 1 heterocycles. The maximum atomic E-state index is 12.1. The minimum Gasteiger partial charge on any atom is -0.368 e. The molecule has 2 amide bonds. The molecule has 1 N–H and O–H groups in total. The van der Waals surface area contributed by atoms with Crippen LogP contribution >= 0.6 is 0 Å². The molecule has 1 unspecified atom stereocenters. The Morgan fingerprint density at radius 1 is 1.14 bits per heavy atom. The highest BCUT2D eigenvalue weighted by Gasteiger charge is 2.21. The predicted octanol–water partition coefficient (Wildman–Crippen LogP) is 2.88. The van der Waals surface area contributed by atoms with Gasteiger partial charge in [-0.05, 0) is 37.5 Å². The minimum atomic E-state index is 0.0744. The minimum absolute atomic E-state index is 0.0744. The van der Waals surface area contributed by atoms with Crippen molar-refractivity contribution in [1.82, 2.24) is 10.2 Å². The van der Waals surface area contributed by atoms with Gasteiger partial charge >= 0.3 is 6.03 Å². The molecule has 1 aromatic rings. The quantitative estimate of drug-likeness (QED) is 0.925. The van der Waals surface area contributed by atoms with Crippen molar-refractivity contribution >= 4 is 11.7 Å². The summed E-state index contributed by atoms with van der Waals surface area (Å²) in [6.45, 7) is 9.68. The number of piperazine rings is 1. The lowest BCUT2D eigenvalue weighted by atomic mass is 10.1. The number of anilines is 1. The van der Waals surface area contributed by atoms with E-state index in [1.807, 2.05) is 11.8 Å². The molecule has 116 valence electrons. The molecule has 1 saturated heterocycles. The molecule has 0 spiro atoms. The van der Waals surface area contributed by atoms with E-state index in [1.165, 1.54) is 11.3 Å². The largest absolute Gasteiger partial charge is 0.368 e. The van der Waals surface area contributed by atoms with Gasteiger partial charge in [0.05, 0.1) is 0 Å². The second-order valence-electron chi connectivity index (χ2n) is 5.75. The van der Waals surface area contributed by atoms with Crippen LogP contribution < -0.4 is 10.2 Å². The Morgan fingerprint density at radius 2 is 1.76 bits per heavy atom. The third-order valence-corrected chi connectivity index (χ3v) is 4.26. The van der Waals surface area contributed by atoms with Crippen LogP contribution in [0.3, 0.4) is 0 Å². The van der Waals surface area contributed by atoms with Gasteiger partial charge in [-0.1, -0.05) is 26.0 Å². The van der Waals surface area contributed by atoms with Crippen LogP contribution in [0.25, 0.3) is 0 Å². The van der Waals surface area contributed by atoms with Crippen LogP contribution in [-0.2, 0) is 6.42 Å². The molecule has 1 fully saturated rings. The number of urea groups is 1. The molecule has 1 aliphatic rings. The van der Waals surface area contributed by atoms with Crippen molar-refractivity contribution in [2.24, 2.45) is 0 Å². The van der Waals surface area contributed by atoms with Crippen molar-refractivity contribution in [3.05, 3.63) is 29.8 Å². The van der Waals surface area contributed by atoms with E-state index in [9.17, 15) is 4.79 Å². The van der Waals surface area contributed by atoms with Crippen LogP contribution in [0, 0.1) is 0 Å². The molecular weight excluding hydrogens is 262 g/mol. The Balaban J connectivity index is 1.86. The summed E-state index contributed by atoms with van der Waals surface area (Å²) in [6.07, 6.45) is 2.04. The smallest absolute Gasteiger partial charge is 0.317 e. The van der Waals surface area contributed by atoms with Crippen molar-refractivity contribution in [2.45, 2.75) is 39.7 Å². The third-order valence-electron chi connectivity index (χ3n) is 4.26. The molecule has 4 heteroatoms. The summed E-state index contributed by atoms with van der Waals surface area (Å²) in [5, 5.41) is 3.04. The average molecular weight is 289 g/mol. The molecule has 1 atom stereocenters. The van der Waals surface area contributed by atoms with Gasteiger partial charge in [0.2, 0.25) is 0 Å². The summed E-state index contributed by atoms with van der Waals surface area (Å²) in [7, 11) is 0. The summed E-state index contributed by atoms with van der Waals surface area (Å²) in [4.78, 5) is 16.4. The van der Waals surface area contributed by atoms with Gasteiger partial charge in [-0.3, -0.25) is 0 Å². The molecule has 0 saturated carbocycles. The van der Waals surface area contributed by atoms with E-state index in [2.05, 4.69) is 48.3 Å². The SMILES string of the molecule is CCc1ccc(N2CCN(C(=O)NC(C)CC)CC2)cc1. The monoisotopic (exact) mass is 289 g/mol. The highest BCUT2D eigenvalue weighted by molar-refractivity contribution is 5.74. The Hall–Kier alpha value is -1.71. The summed E-state index contributed by atoms with van der Waals surface area (Å²) in [5.41, 5.74) is 2.62. The summed E-state index contributed by atoms with van der Waals surface area (Å²) in [6, 6.07) is 9.08. The summed E-state index contributed by atoms with van der Waals surface area (Å²) in [5.74, 6) is 0. The first-order valence-electron chi connectivity index (χ1n) is 8.03. The van der Waals surface area contributed by atoms with Crippen molar-refractivity contribution in [3.8, 4) is 0 Å². The van der Waals surface area contributed by atoms with Crippen molar-refractivity contribution in [3.63, 3.8) is 0 Å². The molecule has 4 nitrogen and oxygen atoms in total. The Labute approximate surface area is 128 Å². The highest BCUT2D eigenvalue weighted by Crippen LogP contribution is 2.17. The van der Waals surface area contributed by atoms with Gasteiger partial charge in [0.25, 0.3) is 0 Å². The van der Waals surface area contributed by atoms with Gasteiger partial charge in [-0.15, -0.1) is 0 Å². The third kappa shape index (κ3) is 4.13. The molecule has 21 heavy (non-hydrogen) atoms. The lowest BCUT2D eigenvalue weighted by molar-refractivity contribution is 0.191. The first kappa shape index (κ1) is 15.7. The summed E-state index contributed by atoms with van der Waals surface area (Å²) >= 11 is 0. The van der Waals surface area contributed by atoms with E-state index < -0.39 is 0 Å². The molecule has 2 rings (SSSR count). The van der Waals surface area contributed by atoms with Crippen molar-refractivity contribution < 1.29 is 4.79 Å². The van der Waals surface area contributed by atoms with E-state index in [4.69, 9.17) is 0 Å². The molecule has 0 radical (unpaired) electrons. The zero-order chi connectivity index (χ0) is 15.2. The van der Waals surface area contributed by atoms with Gasteiger partial charge in [0.15, 0.2) is 0 Å². The lowest BCUT2D eigenvalue weighted by Gasteiger charge is -2.36. The van der Waals surface area contributed by atoms with Crippen LogP contribution in [0.2, 0.25) is 0 Å². The van der Waals surface area contributed by atoms with Crippen LogP contribution in [-0.4, -0.2) is 43.2 Å². The number of nitrogens with zero attached hydrogens (tertiary/aromatic N) is 2. The van der Waals surface area contributed by atoms with Crippen LogP contribution in [0.4, 0.5) is 10.5 Å². The van der Waals surface area contributed by atoms with E-state index >= 15 is 0 Å². The number of carbonyl (C=O) groups is 1. The van der Waals surface area contributed by atoms with Gasteiger partial charge in [0.1, 0.15) is 0 Å². The van der Waals surface area contributed by atoms with E-state index in [0.717, 1.165) is 39.0 Å². The Morgan fingerprint density at radius 3 is 2.29 bits per heavy atom. The topological polar surface area (TPSA) is 35.6 Å².